The van der Waals surface area contributed by atoms with Crippen LogP contribution in [0, 0.1) is 0 Å². The zero-order valence-corrected chi connectivity index (χ0v) is 30.7. The Balaban J connectivity index is 1.36. The highest BCUT2D eigenvalue weighted by atomic mass is 35.5. The van der Waals surface area contributed by atoms with Gasteiger partial charge in [-0.15, -0.1) is 0 Å². The molecule has 0 saturated heterocycles. The number of aliphatic carboxylic acids is 1. The van der Waals surface area contributed by atoms with E-state index in [9.17, 15) is 32.3 Å². The van der Waals surface area contributed by atoms with Crippen LogP contribution in [0.1, 0.15) is 76.9 Å². The standard InChI is InChI=1S/C39H40ClF3N6O5/c1-4-27(5-2)48(18-17-47(3)33(50)15-16-34(51)52)22-24-9-8-10-25(19-24)38(54)46-37-35(29-11-6-7-12-32(29)45-37)36(53)26-21-44-49(23-26)28-13-14-31(40)30(20-28)39(41,42)43/h6-14,19-21,23,27,45H,4-5,15-18,22H2,1-3H3,(H,46,54)(H,51,52). The van der Waals surface area contributed by atoms with Gasteiger partial charge in [-0.3, -0.25) is 24.1 Å². The number of amides is 2. The van der Waals surface area contributed by atoms with Gasteiger partial charge in [0.1, 0.15) is 5.82 Å². The fraction of sp³-hybridized carbons (Fsp3) is 0.308. The molecule has 0 radical (unpaired) electrons. The average Bonchev–Trinajstić information content (AvgIpc) is 3.78. The number of H-pyrrole nitrogens is 1. The summed E-state index contributed by atoms with van der Waals surface area (Å²) in [6.07, 6.45) is -0.709. The van der Waals surface area contributed by atoms with Gasteiger partial charge in [0.25, 0.3) is 5.91 Å². The first kappa shape index (κ1) is 39.7. The van der Waals surface area contributed by atoms with Gasteiger partial charge in [-0.2, -0.15) is 18.3 Å². The Morgan fingerprint density at radius 3 is 2.41 bits per heavy atom. The monoisotopic (exact) mass is 764 g/mol. The molecule has 0 unspecified atom stereocenters. The van der Waals surface area contributed by atoms with E-state index in [1.165, 1.54) is 23.4 Å². The van der Waals surface area contributed by atoms with Gasteiger partial charge < -0.3 is 20.3 Å². The van der Waals surface area contributed by atoms with E-state index in [-0.39, 0.29) is 47.4 Å². The highest BCUT2D eigenvalue weighted by molar-refractivity contribution is 6.31. The Morgan fingerprint density at radius 2 is 1.70 bits per heavy atom. The second-order valence-corrected chi connectivity index (χ2v) is 13.3. The number of hydrogen-bond donors (Lipinski definition) is 3. The number of aromatic amines is 1. The van der Waals surface area contributed by atoms with E-state index >= 15 is 0 Å². The van der Waals surface area contributed by atoms with Crippen LogP contribution in [0.3, 0.4) is 0 Å². The van der Waals surface area contributed by atoms with E-state index in [1.54, 1.807) is 49.5 Å². The molecule has 0 bridgehead atoms. The van der Waals surface area contributed by atoms with Crippen LogP contribution in [0.2, 0.25) is 5.02 Å². The largest absolute Gasteiger partial charge is 0.481 e. The summed E-state index contributed by atoms with van der Waals surface area (Å²) in [7, 11) is 1.65. The molecule has 284 valence electrons. The van der Waals surface area contributed by atoms with Gasteiger partial charge >= 0.3 is 12.1 Å². The van der Waals surface area contributed by atoms with Gasteiger partial charge in [0, 0.05) is 61.8 Å². The van der Waals surface area contributed by atoms with E-state index in [2.05, 4.69) is 34.1 Å². The van der Waals surface area contributed by atoms with Crippen LogP contribution < -0.4 is 5.32 Å². The van der Waals surface area contributed by atoms with E-state index in [0.29, 0.717) is 36.1 Å². The summed E-state index contributed by atoms with van der Waals surface area (Å²) in [6.45, 7) is 5.59. The summed E-state index contributed by atoms with van der Waals surface area (Å²) in [4.78, 5) is 58.0. The molecule has 0 saturated carbocycles. The Labute approximate surface area is 314 Å². The van der Waals surface area contributed by atoms with Crippen LogP contribution in [-0.2, 0) is 22.3 Å². The van der Waals surface area contributed by atoms with Crippen molar-refractivity contribution in [2.24, 2.45) is 0 Å². The van der Waals surface area contributed by atoms with Crippen molar-refractivity contribution in [2.45, 2.75) is 58.3 Å². The number of nitrogens with zero attached hydrogens (tertiary/aromatic N) is 4. The van der Waals surface area contributed by atoms with E-state index < -0.39 is 34.4 Å². The quantitative estimate of drug-likeness (QED) is 0.0871. The fourth-order valence-electron chi connectivity index (χ4n) is 6.30. The predicted octanol–water partition coefficient (Wildman–Crippen LogP) is 7.82. The molecule has 0 aliphatic carbocycles. The zero-order chi connectivity index (χ0) is 39.2. The minimum absolute atomic E-state index is 0.0529. The normalized spacial score (nSPS) is 11.7. The number of fused-ring (bicyclic) bond motifs is 1. The van der Waals surface area contributed by atoms with E-state index in [0.717, 1.165) is 35.2 Å². The minimum atomic E-state index is -4.69. The number of likely N-dealkylation sites (N-methyl/N-ethyl adjacent to an activating group) is 1. The summed E-state index contributed by atoms with van der Waals surface area (Å²) in [5.41, 5.74) is 1.03. The molecule has 5 rings (SSSR count). The van der Waals surface area contributed by atoms with E-state index in [4.69, 9.17) is 16.7 Å². The highest BCUT2D eigenvalue weighted by Crippen LogP contribution is 2.36. The van der Waals surface area contributed by atoms with Gasteiger partial charge in [-0.05, 0) is 54.8 Å². The third-order valence-electron chi connectivity index (χ3n) is 9.27. The van der Waals surface area contributed by atoms with E-state index in [1.807, 2.05) is 6.07 Å². The summed E-state index contributed by atoms with van der Waals surface area (Å²) < 4.78 is 41.7. The fourth-order valence-corrected chi connectivity index (χ4v) is 6.53. The Hall–Kier alpha value is -5.47. The van der Waals surface area contributed by atoms with Crippen molar-refractivity contribution in [1.29, 1.82) is 0 Å². The van der Waals surface area contributed by atoms with Crippen molar-refractivity contribution in [1.82, 2.24) is 24.6 Å². The summed E-state index contributed by atoms with van der Waals surface area (Å²) in [6, 6.07) is 17.6. The van der Waals surface area contributed by atoms with Crippen LogP contribution >= 0.6 is 11.6 Å². The van der Waals surface area contributed by atoms with Crippen LogP contribution in [0.25, 0.3) is 16.6 Å². The van der Waals surface area contributed by atoms with Crippen LogP contribution in [-0.4, -0.2) is 79.4 Å². The number of halogens is 4. The number of nitrogens with one attached hydrogen (secondary N) is 2. The smallest absolute Gasteiger partial charge is 0.417 e. The van der Waals surface area contributed by atoms with Crippen LogP contribution in [0.5, 0.6) is 0 Å². The number of para-hydroxylation sites is 1. The topological polar surface area (TPSA) is 141 Å². The molecule has 2 aromatic heterocycles. The maximum atomic E-state index is 14.0. The number of aromatic nitrogens is 3. The SMILES string of the molecule is CCC(CC)N(CCN(C)C(=O)CCC(=O)O)Cc1cccc(C(=O)Nc2[nH]c3ccccc3c2C(=O)c2cnn(-c3ccc(Cl)c(C(F)(F)F)c3)c2)c1. The molecule has 11 nitrogen and oxygen atoms in total. The molecular formula is C39H40ClF3N6O5. The molecule has 0 atom stereocenters. The lowest BCUT2D eigenvalue weighted by Gasteiger charge is -2.32. The lowest BCUT2D eigenvalue weighted by atomic mass is 10.0. The molecule has 0 fully saturated rings. The van der Waals surface area contributed by atoms with Gasteiger partial charge in [-0.1, -0.05) is 55.8 Å². The Bertz CT molecular complexity index is 2160. The second kappa shape index (κ2) is 17.1. The molecule has 0 spiro atoms. The van der Waals surface area contributed by atoms with Crippen molar-refractivity contribution < 1.29 is 37.5 Å². The van der Waals surface area contributed by atoms with Crippen molar-refractivity contribution in [3.63, 3.8) is 0 Å². The molecule has 3 aromatic carbocycles. The number of hydrogen-bond acceptors (Lipinski definition) is 6. The highest BCUT2D eigenvalue weighted by Gasteiger charge is 2.34. The Morgan fingerprint density at radius 1 is 0.963 bits per heavy atom. The first-order valence-electron chi connectivity index (χ1n) is 17.4. The number of rotatable bonds is 16. The second-order valence-electron chi connectivity index (χ2n) is 12.9. The summed E-state index contributed by atoms with van der Waals surface area (Å²) in [5, 5.41) is 16.0. The molecule has 0 aliphatic rings. The molecule has 54 heavy (non-hydrogen) atoms. The molecular weight excluding hydrogens is 725 g/mol. The van der Waals surface area contributed by atoms with Crippen molar-refractivity contribution >= 4 is 51.9 Å². The molecule has 2 amide bonds. The maximum absolute atomic E-state index is 14.0. The third kappa shape index (κ3) is 9.36. The third-order valence-corrected chi connectivity index (χ3v) is 9.60. The number of carboxylic acid groups (broad SMARTS) is 1. The van der Waals surface area contributed by atoms with Gasteiger partial charge in [0.2, 0.25) is 11.7 Å². The number of carbonyl (C=O) groups excluding carboxylic acids is 3. The van der Waals surface area contributed by atoms with Crippen molar-refractivity contribution in [3.05, 3.63) is 112 Å². The van der Waals surface area contributed by atoms with Crippen LogP contribution in [0.4, 0.5) is 19.0 Å². The van der Waals surface area contributed by atoms with Gasteiger partial charge in [0.15, 0.2) is 0 Å². The maximum Gasteiger partial charge on any atom is 0.417 e. The molecule has 5 aromatic rings. The first-order valence-corrected chi connectivity index (χ1v) is 17.7. The minimum Gasteiger partial charge on any atom is -0.481 e. The predicted molar refractivity (Wildman–Crippen MR) is 199 cm³/mol. The molecule has 15 heteroatoms. The first-order chi connectivity index (χ1) is 25.7. The molecule has 2 heterocycles. The number of alkyl halides is 3. The summed E-state index contributed by atoms with van der Waals surface area (Å²) in [5.74, 6) is -2.12. The number of carboxylic acids is 1. The van der Waals surface area contributed by atoms with Gasteiger partial charge in [0.05, 0.1) is 40.0 Å². The lowest BCUT2D eigenvalue weighted by molar-refractivity contribution is -0.140. The zero-order valence-electron chi connectivity index (χ0n) is 29.9. The van der Waals surface area contributed by atoms with Crippen molar-refractivity contribution in [2.75, 3.05) is 25.5 Å². The van der Waals surface area contributed by atoms with Crippen LogP contribution in [0.15, 0.2) is 79.1 Å². The average molecular weight is 765 g/mol. The number of anilines is 1. The number of ketones is 1. The Kier molecular flexibility index (Phi) is 12.6. The van der Waals surface area contributed by atoms with Gasteiger partial charge in [-0.25, -0.2) is 4.68 Å². The summed E-state index contributed by atoms with van der Waals surface area (Å²) >= 11 is 5.78. The lowest BCUT2D eigenvalue weighted by Crippen LogP contribution is -2.41. The molecule has 3 N–H and O–H groups in total. The van der Waals surface area contributed by atoms with Crippen molar-refractivity contribution in [3.8, 4) is 5.69 Å². The number of benzene rings is 3. The number of carbonyl (C=O) groups is 4. The molecule has 0 aliphatic heterocycles.